The van der Waals surface area contributed by atoms with Crippen LogP contribution >= 0.6 is 22.9 Å². The van der Waals surface area contributed by atoms with Crippen molar-refractivity contribution in [3.05, 3.63) is 64.4 Å². The molecule has 2 heterocycles. The maximum Gasteiger partial charge on any atom is 0.275 e. The predicted molar refractivity (Wildman–Crippen MR) is 98.8 cm³/mol. The Labute approximate surface area is 151 Å². The smallest absolute Gasteiger partial charge is 0.275 e. The van der Waals surface area contributed by atoms with Gasteiger partial charge in [0.2, 0.25) is 0 Å². The molecule has 0 atom stereocenters. The fraction of sp³-hybridized carbons (Fsp3) is 0. The predicted octanol–water partition coefficient (Wildman–Crippen LogP) is 3.67. The van der Waals surface area contributed by atoms with E-state index in [0.29, 0.717) is 10.8 Å². The van der Waals surface area contributed by atoms with Crippen LogP contribution in [0, 0.1) is 0 Å². The van der Waals surface area contributed by atoms with Crippen molar-refractivity contribution in [3.63, 3.8) is 0 Å². The highest BCUT2D eigenvalue weighted by atomic mass is 35.5. The van der Waals surface area contributed by atoms with E-state index < -0.39 is 5.91 Å². The van der Waals surface area contributed by atoms with Gasteiger partial charge in [0.1, 0.15) is 11.4 Å². The Morgan fingerprint density at radius 3 is 2.88 bits per heavy atom. The summed E-state index contributed by atoms with van der Waals surface area (Å²) in [6.07, 6.45) is 3.24. The normalized spacial score (nSPS) is 11.6. The quantitative estimate of drug-likeness (QED) is 0.426. The lowest BCUT2D eigenvalue weighted by molar-refractivity contribution is 0.0952. The zero-order valence-corrected chi connectivity index (χ0v) is 14.3. The molecule has 4 aromatic rings. The number of aromatic nitrogens is 2. The number of carbonyl (C=O) groups excluding carboxylic acids is 1. The molecule has 2 aromatic carbocycles. The average molecular weight is 371 g/mol. The van der Waals surface area contributed by atoms with Gasteiger partial charge in [-0.15, -0.1) is 11.3 Å². The summed E-state index contributed by atoms with van der Waals surface area (Å²) in [6.45, 7) is 0. The van der Waals surface area contributed by atoms with Crippen LogP contribution in [0.5, 0.6) is 5.75 Å². The standard InChI is InChI=1S/C17H11ClN4O2S/c18-15-13(22-5-6-25-17(22)20-15)9-19-21-16(24)12-7-10-3-1-2-4-11(10)8-14(12)23/h1-9,23H,(H,21,24)/b19-9+. The number of hydrogen-bond donors (Lipinski definition) is 2. The van der Waals surface area contributed by atoms with Crippen molar-refractivity contribution in [2.75, 3.05) is 0 Å². The molecule has 0 spiro atoms. The van der Waals surface area contributed by atoms with E-state index in [2.05, 4.69) is 15.5 Å². The van der Waals surface area contributed by atoms with E-state index in [0.717, 1.165) is 15.7 Å². The second-order valence-corrected chi connectivity index (χ2v) is 6.49. The first-order valence-electron chi connectivity index (χ1n) is 7.30. The number of fused-ring (bicyclic) bond motifs is 2. The monoisotopic (exact) mass is 370 g/mol. The van der Waals surface area contributed by atoms with Crippen LogP contribution in [-0.4, -0.2) is 26.6 Å². The van der Waals surface area contributed by atoms with Gasteiger partial charge in [0.05, 0.1) is 11.8 Å². The summed E-state index contributed by atoms with van der Waals surface area (Å²) in [4.78, 5) is 17.2. The summed E-state index contributed by atoms with van der Waals surface area (Å²) in [5, 5.41) is 17.9. The van der Waals surface area contributed by atoms with E-state index in [9.17, 15) is 9.90 Å². The lowest BCUT2D eigenvalue weighted by Gasteiger charge is -2.05. The van der Waals surface area contributed by atoms with Crippen LogP contribution in [0.2, 0.25) is 5.15 Å². The van der Waals surface area contributed by atoms with Gasteiger partial charge in [-0.2, -0.15) is 5.10 Å². The minimum atomic E-state index is -0.512. The zero-order chi connectivity index (χ0) is 17.4. The van der Waals surface area contributed by atoms with Crippen LogP contribution in [-0.2, 0) is 0 Å². The maximum atomic E-state index is 12.3. The first-order valence-corrected chi connectivity index (χ1v) is 8.55. The number of benzene rings is 2. The summed E-state index contributed by atoms with van der Waals surface area (Å²) < 4.78 is 1.77. The largest absolute Gasteiger partial charge is 0.507 e. The molecular formula is C17H11ClN4O2S. The van der Waals surface area contributed by atoms with E-state index in [1.807, 2.05) is 35.8 Å². The number of nitrogens with zero attached hydrogens (tertiary/aromatic N) is 3. The van der Waals surface area contributed by atoms with Gasteiger partial charge >= 0.3 is 0 Å². The Hall–Kier alpha value is -2.90. The van der Waals surface area contributed by atoms with E-state index in [-0.39, 0.29) is 11.3 Å². The third-order valence-electron chi connectivity index (χ3n) is 3.72. The lowest BCUT2D eigenvalue weighted by atomic mass is 10.1. The molecule has 0 fully saturated rings. The number of halogens is 1. The van der Waals surface area contributed by atoms with Gasteiger partial charge in [-0.1, -0.05) is 35.9 Å². The highest BCUT2D eigenvalue weighted by Gasteiger charge is 2.13. The van der Waals surface area contributed by atoms with Gasteiger partial charge in [-0.3, -0.25) is 9.20 Å². The fourth-order valence-electron chi connectivity index (χ4n) is 2.51. The fourth-order valence-corrected chi connectivity index (χ4v) is 3.51. The Kier molecular flexibility index (Phi) is 3.87. The maximum absolute atomic E-state index is 12.3. The molecule has 8 heteroatoms. The molecule has 0 aliphatic carbocycles. The Morgan fingerprint density at radius 2 is 2.08 bits per heavy atom. The van der Waals surface area contributed by atoms with Gasteiger partial charge in [0.25, 0.3) is 5.91 Å². The van der Waals surface area contributed by atoms with Crippen LogP contribution < -0.4 is 5.43 Å². The number of rotatable bonds is 3. The first-order chi connectivity index (χ1) is 12.1. The zero-order valence-electron chi connectivity index (χ0n) is 12.7. The van der Waals surface area contributed by atoms with E-state index in [4.69, 9.17) is 11.6 Å². The molecule has 1 amide bonds. The number of thiazole rings is 1. The molecule has 0 bridgehead atoms. The molecule has 2 N–H and O–H groups in total. The number of hydrazone groups is 1. The molecule has 25 heavy (non-hydrogen) atoms. The van der Waals surface area contributed by atoms with Crippen molar-refractivity contribution >= 4 is 50.8 Å². The highest BCUT2D eigenvalue weighted by molar-refractivity contribution is 7.15. The van der Waals surface area contributed by atoms with Crippen molar-refractivity contribution in [3.8, 4) is 5.75 Å². The molecular weight excluding hydrogens is 360 g/mol. The Bertz CT molecular complexity index is 1130. The van der Waals surface area contributed by atoms with Gasteiger partial charge in [0, 0.05) is 11.6 Å². The summed E-state index contributed by atoms with van der Waals surface area (Å²) in [5.41, 5.74) is 3.12. The number of aromatic hydroxyl groups is 1. The molecule has 0 saturated carbocycles. The highest BCUT2D eigenvalue weighted by Crippen LogP contribution is 2.25. The number of amides is 1. The first kappa shape index (κ1) is 15.6. The lowest BCUT2D eigenvalue weighted by Crippen LogP contribution is -2.18. The minimum Gasteiger partial charge on any atom is -0.507 e. The third-order valence-corrected chi connectivity index (χ3v) is 4.75. The molecule has 0 saturated heterocycles. The van der Waals surface area contributed by atoms with Crippen LogP contribution in [0.1, 0.15) is 16.1 Å². The average Bonchev–Trinajstić information content (AvgIpc) is 3.16. The molecule has 124 valence electrons. The van der Waals surface area contributed by atoms with Gasteiger partial charge in [-0.25, -0.2) is 10.4 Å². The Morgan fingerprint density at radius 1 is 1.32 bits per heavy atom. The minimum absolute atomic E-state index is 0.103. The molecule has 0 aliphatic heterocycles. The summed E-state index contributed by atoms with van der Waals surface area (Å²) in [6, 6.07) is 10.6. The van der Waals surface area contributed by atoms with Crippen LogP contribution in [0.25, 0.3) is 15.7 Å². The SMILES string of the molecule is O=C(N/N=C/c1c(Cl)nc2sccn12)c1cc2ccccc2cc1O. The van der Waals surface area contributed by atoms with E-state index in [1.54, 1.807) is 16.5 Å². The second kappa shape index (κ2) is 6.19. The van der Waals surface area contributed by atoms with E-state index >= 15 is 0 Å². The number of phenols is 1. The summed E-state index contributed by atoms with van der Waals surface area (Å²) in [7, 11) is 0. The van der Waals surface area contributed by atoms with Crippen molar-refractivity contribution < 1.29 is 9.90 Å². The number of phenolic OH excluding ortho intramolecular Hbond substituents is 1. The van der Waals surface area contributed by atoms with Crippen LogP contribution in [0.4, 0.5) is 0 Å². The van der Waals surface area contributed by atoms with Gasteiger partial charge in [0.15, 0.2) is 10.1 Å². The topological polar surface area (TPSA) is 79.0 Å². The van der Waals surface area contributed by atoms with Crippen molar-refractivity contribution in [1.29, 1.82) is 0 Å². The van der Waals surface area contributed by atoms with Crippen molar-refractivity contribution in [2.45, 2.75) is 0 Å². The second-order valence-electron chi connectivity index (χ2n) is 5.26. The molecule has 2 aromatic heterocycles. The molecule has 0 unspecified atom stereocenters. The third kappa shape index (κ3) is 2.84. The Balaban J connectivity index is 1.59. The molecule has 0 aliphatic rings. The van der Waals surface area contributed by atoms with Crippen molar-refractivity contribution in [1.82, 2.24) is 14.8 Å². The summed E-state index contributed by atoms with van der Waals surface area (Å²) >= 11 is 7.51. The molecule has 4 rings (SSSR count). The summed E-state index contributed by atoms with van der Waals surface area (Å²) in [5.74, 6) is -0.615. The number of hydrogen-bond acceptors (Lipinski definition) is 5. The molecule has 6 nitrogen and oxygen atoms in total. The number of nitrogens with one attached hydrogen (secondary N) is 1. The van der Waals surface area contributed by atoms with Crippen molar-refractivity contribution in [2.24, 2.45) is 5.10 Å². The van der Waals surface area contributed by atoms with Crippen LogP contribution in [0.15, 0.2) is 53.1 Å². The molecule has 0 radical (unpaired) electrons. The van der Waals surface area contributed by atoms with Gasteiger partial charge in [-0.05, 0) is 22.9 Å². The van der Waals surface area contributed by atoms with Crippen LogP contribution in [0.3, 0.4) is 0 Å². The number of imidazole rings is 1. The van der Waals surface area contributed by atoms with E-state index in [1.165, 1.54) is 17.6 Å². The number of carbonyl (C=O) groups is 1. The van der Waals surface area contributed by atoms with Gasteiger partial charge < -0.3 is 5.11 Å².